The number of ether oxygens (including phenoxy) is 1. The van der Waals surface area contributed by atoms with Crippen LogP contribution >= 0.6 is 0 Å². The first-order valence-corrected chi connectivity index (χ1v) is 7.94. The molecule has 0 radical (unpaired) electrons. The lowest BCUT2D eigenvalue weighted by Crippen LogP contribution is -2.42. The number of benzene rings is 1. The molecule has 1 aliphatic rings. The summed E-state index contributed by atoms with van der Waals surface area (Å²) in [5.41, 5.74) is 3.42. The molecule has 2 heteroatoms. The van der Waals surface area contributed by atoms with Crippen LogP contribution in [0.1, 0.15) is 50.2 Å². The normalized spacial score (nSPS) is 17.2. The Hall–Kier alpha value is -0.860. The lowest BCUT2D eigenvalue weighted by atomic mass is 9.65. The fourth-order valence-corrected chi connectivity index (χ4v) is 3.07. The second-order valence-electron chi connectivity index (χ2n) is 6.60. The maximum atomic E-state index is 5.10. The molecule has 0 heterocycles. The molecular formula is C18H29NO. The van der Waals surface area contributed by atoms with Crippen LogP contribution in [0.3, 0.4) is 0 Å². The Kier molecular flexibility index (Phi) is 5.62. The molecule has 1 aromatic carbocycles. The van der Waals surface area contributed by atoms with E-state index in [4.69, 9.17) is 4.74 Å². The van der Waals surface area contributed by atoms with E-state index in [0.717, 1.165) is 19.7 Å². The van der Waals surface area contributed by atoms with E-state index in [9.17, 15) is 0 Å². The van der Waals surface area contributed by atoms with Gasteiger partial charge in [0, 0.05) is 20.2 Å². The number of hydrogen-bond donors (Lipinski definition) is 1. The lowest BCUT2D eigenvalue weighted by molar-refractivity contribution is 0.123. The van der Waals surface area contributed by atoms with Crippen molar-refractivity contribution in [2.24, 2.45) is 5.41 Å². The maximum Gasteiger partial charge on any atom is 0.0587 e. The smallest absolute Gasteiger partial charge is 0.0587 e. The topological polar surface area (TPSA) is 21.3 Å². The molecule has 2 nitrogen and oxygen atoms in total. The predicted octanol–water partition coefficient (Wildman–Crippen LogP) is 3.76. The molecule has 0 spiro atoms. The van der Waals surface area contributed by atoms with Crippen molar-refractivity contribution in [3.05, 3.63) is 35.4 Å². The molecular weight excluding hydrogens is 246 g/mol. The van der Waals surface area contributed by atoms with Gasteiger partial charge in [-0.3, -0.25) is 0 Å². The lowest BCUT2D eigenvalue weighted by Gasteiger charge is -2.42. The van der Waals surface area contributed by atoms with Gasteiger partial charge < -0.3 is 10.1 Å². The minimum Gasteiger partial charge on any atom is -0.383 e. The van der Waals surface area contributed by atoms with Crippen molar-refractivity contribution in [2.75, 3.05) is 26.8 Å². The number of methoxy groups -OCH3 is 1. The molecule has 1 fully saturated rings. The van der Waals surface area contributed by atoms with Crippen LogP contribution in [0, 0.1) is 5.41 Å². The van der Waals surface area contributed by atoms with Gasteiger partial charge in [0.15, 0.2) is 0 Å². The molecule has 1 aliphatic carbocycles. The highest BCUT2D eigenvalue weighted by molar-refractivity contribution is 5.26. The van der Waals surface area contributed by atoms with E-state index < -0.39 is 0 Å². The Morgan fingerprint density at radius 2 is 1.90 bits per heavy atom. The van der Waals surface area contributed by atoms with Gasteiger partial charge in [0.05, 0.1) is 6.61 Å². The average molecular weight is 275 g/mol. The zero-order valence-corrected chi connectivity index (χ0v) is 13.2. The molecule has 0 bridgehead atoms. The van der Waals surface area contributed by atoms with Gasteiger partial charge in [-0.05, 0) is 41.7 Å². The van der Waals surface area contributed by atoms with Crippen molar-refractivity contribution in [3.63, 3.8) is 0 Å². The highest BCUT2D eigenvalue weighted by Gasteiger charge is 2.36. The van der Waals surface area contributed by atoms with Crippen LogP contribution in [0.2, 0.25) is 0 Å². The summed E-state index contributed by atoms with van der Waals surface area (Å²) in [5.74, 6) is 0.623. The maximum absolute atomic E-state index is 5.10. The molecule has 0 aromatic heterocycles. The molecule has 0 amide bonds. The zero-order valence-electron chi connectivity index (χ0n) is 13.2. The molecule has 112 valence electrons. The highest BCUT2D eigenvalue weighted by atomic mass is 16.5. The van der Waals surface area contributed by atoms with E-state index >= 15 is 0 Å². The van der Waals surface area contributed by atoms with Crippen molar-refractivity contribution in [2.45, 2.75) is 45.4 Å². The van der Waals surface area contributed by atoms with Crippen LogP contribution in [0.15, 0.2) is 24.3 Å². The first kappa shape index (κ1) is 15.5. The van der Waals surface area contributed by atoms with E-state index in [1.807, 2.05) is 0 Å². The third kappa shape index (κ3) is 4.07. The van der Waals surface area contributed by atoms with Crippen molar-refractivity contribution >= 4 is 0 Å². The predicted molar refractivity (Wildman–Crippen MR) is 85.3 cm³/mol. The first-order valence-electron chi connectivity index (χ1n) is 7.94. The van der Waals surface area contributed by atoms with E-state index in [2.05, 4.69) is 43.4 Å². The van der Waals surface area contributed by atoms with Crippen molar-refractivity contribution in [3.8, 4) is 0 Å². The fourth-order valence-electron chi connectivity index (χ4n) is 3.07. The quantitative estimate of drug-likeness (QED) is 0.729. The Labute approximate surface area is 123 Å². The Morgan fingerprint density at radius 3 is 2.40 bits per heavy atom. The second kappa shape index (κ2) is 7.24. The number of rotatable bonds is 8. The molecule has 0 unspecified atom stereocenters. The Balaban J connectivity index is 1.88. The van der Waals surface area contributed by atoms with Crippen LogP contribution < -0.4 is 5.32 Å². The van der Waals surface area contributed by atoms with Crippen LogP contribution in [-0.2, 0) is 11.2 Å². The van der Waals surface area contributed by atoms with Crippen LogP contribution in [0.25, 0.3) is 0 Å². The molecule has 0 atom stereocenters. The minimum absolute atomic E-state index is 0.493. The second-order valence-corrected chi connectivity index (χ2v) is 6.60. The molecule has 1 N–H and O–H groups in total. The summed E-state index contributed by atoms with van der Waals surface area (Å²) in [7, 11) is 1.76. The Morgan fingerprint density at radius 1 is 1.20 bits per heavy atom. The highest BCUT2D eigenvalue weighted by Crippen LogP contribution is 2.43. The third-order valence-corrected chi connectivity index (χ3v) is 4.62. The van der Waals surface area contributed by atoms with Crippen LogP contribution in [0.5, 0.6) is 0 Å². The third-order valence-electron chi connectivity index (χ3n) is 4.62. The average Bonchev–Trinajstić information content (AvgIpc) is 2.41. The Bertz CT molecular complexity index is 392. The zero-order chi connectivity index (χ0) is 14.4. The van der Waals surface area contributed by atoms with Crippen molar-refractivity contribution in [1.82, 2.24) is 5.32 Å². The summed E-state index contributed by atoms with van der Waals surface area (Å²) >= 11 is 0. The van der Waals surface area contributed by atoms with Gasteiger partial charge in [0.1, 0.15) is 0 Å². The first-order chi connectivity index (χ1) is 9.65. The molecule has 0 aliphatic heterocycles. The van der Waals surface area contributed by atoms with Gasteiger partial charge in [-0.25, -0.2) is 0 Å². The van der Waals surface area contributed by atoms with Gasteiger partial charge in [-0.15, -0.1) is 0 Å². The van der Waals surface area contributed by atoms with Crippen molar-refractivity contribution in [1.29, 1.82) is 0 Å². The van der Waals surface area contributed by atoms with Gasteiger partial charge in [-0.1, -0.05) is 44.5 Å². The van der Waals surface area contributed by atoms with Gasteiger partial charge in [-0.2, -0.15) is 0 Å². The van der Waals surface area contributed by atoms with E-state index in [1.54, 1.807) is 7.11 Å². The van der Waals surface area contributed by atoms with E-state index in [0.29, 0.717) is 11.3 Å². The molecule has 1 aromatic rings. The summed E-state index contributed by atoms with van der Waals surface area (Å²) in [6, 6.07) is 9.24. The van der Waals surface area contributed by atoms with Gasteiger partial charge in [0.2, 0.25) is 0 Å². The summed E-state index contributed by atoms with van der Waals surface area (Å²) in [5, 5.41) is 3.55. The summed E-state index contributed by atoms with van der Waals surface area (Å²) < 4.78 is 5.10. The van der Waals surface area contributed by atoms with Gasteiger partial charge in [0.25, 0.3) is 0 Å². The minimum atomic E-state index is 0.493. The summed E-state index contributed by atoms with van der Waals surface area (Å²) in [6.45, 7) is 7.40. The largest absolute Gasteiger partial charge is 0.383 e. The van der Waals surface area contributed by atoms with E-state index in [-0.39, 0.29) is 0 Å². The van der Waals surface area contributed by atoms with Crippen LogP contribution in [-0.4, -0.2) is 26.8 Å². The molecule has 0 saturated heterocycles. The SMILES string of the molecule is COCCNCC1(Cc2ccc(C(C)C)cc2)CCC1. The number of nitrogens with one attached hydrogen (secondary N) is 1. The fraction of sp³-hybridized carbons (Fsp3) is 0.667. The van der Waals surface area contributed by atoms with E-state index in [1.165, 1.54) is 36.8 Å². The molecule has 2 rings (SSSR count). The van der Waals surface area contributed by atoms with Gasteiger partial charge >= 0.3 is 0 Å². The van der Waals surface area contributed by atoms with Crippen molar-refractivity contribution < 1.29 is 4.74 Å². The standard InChI is InChI=1S/C18H29NO/c1-15(2)17-7-5-16(6-8-17)13-18(9-4-10-18)14-19-11-12-20-3/h5-8,15,19H,4,9-14H2,1-3H3. The molecule has 20 heavy (non-hydrogen) atoms. The number of hydrogen-bond acceptors (Lipinski definition) is 2. The summed E-state index contributed by atoms with van der Waals surface area (Å²) in [4.78, 5) is 0. The summed E-state index contributed by atoms with van der Waals surface area (Å²) in [6.07, 6.45) is 5.32. The monoisotopic (exact) mass is 275 g/mol. The molecule has 1 saturated carbocycles. The van der Waals surface area contributed by atoms with Crippen LogP contribution in [0.4, 0.5) is 0 Å².